The largest absolute Gasteiger partial charge is 0.492 e. The van der Waals surface area contributed by atoms with Crippen molar-refractivity contribution in [2.45, 2.75) is 11.7 Å². The average Bonchev–Trinajstić information content (AvgIpc) is 3.32. The van der Waals surface area contributed by atoms with E-state index in [1.165, 1.54) is 10.3 Å². The topological polar surface area (TPSA) is 37.4 Å². The van der Waals surface area contributed by atoms with E-state index in [1.807, 2.05) is 17.8 Å². The number of thioether (sulfide) groups is 1. The lowest BCUT2D eigenvalue weighted by atomic mass is 10.1. The quantitative estimate of drug-likeness (QED) is 0.665. The molecular weight excluding hydrogens is 362 g/mol. The predicted octanol–water partition coefficient (Wildman–Crippen LogP) is 4.02. The van der Waals surface area contributed by atoms with E-state index in [1.54, 1.807) is 11.3 Å². The molecule has 1 aliphatic heterocycles. The highest BCUT2D eigenvalue weighted by Crippen LogP contribution is 2.27. The molecule has 2 heterocycles. The van der Waals surface area contributed by atoms with Gasteiger partial charge >= 0.3 is 0 Å². The Labute approximate surface area is 162 Å². The third-order valence-electron chi connectivity index (χ3n) is 4.48. The molecule has 0 saturated carbocycles. The minimum Gasteiger partial charge on any atom is -0.492 e. The van der Waals surface area contributed by atoms with Crippen LogP contribution in [0.4, 0.5) is 5.13 Å². The van der Waals surface area contributed by atoms with Crippen LogP contribution in [-0.4, -0.2) is 42.9 Å². The number of hydrogen-bond donors (Lipinski definition) is 1. The van der Waals surface area contributed by atoms with Crippen molar-refractivity contribution in [2.24, 2.45) is 0 Å². The first kappa shape index (κ1) is 17.6. The molecule has 0 radical (unpaired) electrons. The summed E-state index contributed by atoms with van der Waals surface area (Å²) in [6.07, 6.45) is 1.12. The summed E-state index contributed by atoms with van der Waals surface area (Å²) in [6.45, 7) is 2.57. The number of fused-ring (bicyclic) bond motifs is 1. The van der Waals surface area contributed by atoms with E-state index in [-0.39, 0.29) is 0 Å². The SMILES string of the molecule is CN(CCOc1ccc(CC2CNCS2)cc1)c1nc2ccccc2s1. The second-order valence-corrected chi connectivity index (χ2v) is 8.77. The summed E-state index contributed by atoms with van der Waals surface area (Å²) >= 11 is 3.73. The zero-order chi connectivity index (χ0) is 17.8. The number of anilines is 1. The van der Waals surface area contributed by atoms with Gasteiger partial charge in [0.15, 0.2) is 5.13 Å². The summed E-state index contributed by atoms with van der Waals surface area (Å²) in [5.41, 5.74) is 2.44. The first-order valence-corrected chi connectivity index (χ1v) is 10.8. The lowest BCUT2D eigenvalue weighted by Gasteiger charge is -2.16. The number of rotatable bonds is 7. The number of thiazole rings is 1. The van der Waals surface area contributed by atoms with Gasteiger partial charge in [0.25, 0.3) is 0 Å². The number of nitrogens with zero attached hydrogens (tertiary/aromatic N) is 2. The Balaban J connectivity index is 1.27. The van der Waals surface area contributed by atoms with Crippen LogP contribution in [0, 0.1) is 0 Å². The fourth-order valence-corrected chi connectivity index (χ4v) is 4.96. The molecule has 1 unspecified atom stereocenters. The normalized spacial score (nSPS) is 16.9. The van der Waals surface area contributed by atoms with E-state index in [9.17, 15) is 0 Å². The van der Waals surface area contributed by atoms with E-state index in [4.69, 9.17) is 4.74 Å². The van der Waals surface area contributed by atoms with E-state index in [0.29, 0.717) is 11.9 Å². The first-order valence-electron chi connectivity index (χ1n) is 8.89. The maximum absolute atomic E-state index is 5.91. The van der Waals surface area contributed by atoms with Crippen molar-refractivity contribution in [3.63, 3.8) is 0 Å². The van der Waals surface area contributed by atoms with Crippen molar-refractivity contribution >= 4 is 38.4 Å². The molecule has 1 atom stereocenters. The van der Waals surface area contributed by atoms with Gasteiger partial charge in [-0.1, -0.05) is 35.6 Å². The average molecular weight is 386 g/mol. The molecule has 2 aromatic carbocycles. The number of para-hydroxylation sites is 1. The molecule has 0 aliphatic carbocycles. The maximum Gasteiger partial charge on any atom is 0.186 e. The number of likely N-dealkylation sites (N-methyl/N-ethyl adjacent to an activating group) is 1. The van der Waals surface area contributed by atoms with E-state index in [2.05, 4.69) is 64.7 Å². The van der Waals surface area contributed by atoms with Crippen molar-refractivity contribution in [3.8, 4) is 5.75 Å². The Hall–Kier alpha value is -1.76. The fourth-order valence-electron chi connectivity index (χ4n) is 2.99. The number of ether oxygens (including phenoxy) is 1. The van der Waals surface area contributed by atoms with Crippen LogP contribution in [0.5, 0.6) is 5.75 Å². The summed E-state index contributed by atoms with van der Waals surface area (Å²) in [5.74, 6) is 2.01. The van der Waals surface area contributed by atoms with Crippen LogP contribution >= 0.6 is 23.1 Å². The zero-order valence-corrected chi connectivity index (χ0v) is 16.5. The molecule has 136 valence electrons. The van der Waals surface area contributed by atoms with Gasteiger partial charge in [0, 0.05) is 24.7 Å². The highest BCUT2D eigenvalue weighted by atomic mass is 32.2. The Morgan fingerprint density at radius 2 is 2.04 bits per heavy atom. The van der Waals surface area contributed by atoms with Gasteiger partial charge in [-0.3, -0.25) is 0 Å². The Kier molecular flexibility index (Phi) is 5.62. The Bertz CT molecular complexity index is 811. The van der Waals surface area contributed by atoms with Gasteiger partial charge in [0.1, 0.15) is 12.4 Å². The second-order valence-electron chi connectivity index (χ2n) is 6.47. The Morgan fingerprint density at radius 1 is 1.19 bits per heavy atom. The summed E-state index contributed by atoms with van der Waals surface area (Å²) in [6, 6.07) is 16.8. The van der Waals surface area contributed by atoms with Crippen LogP contribution in [0.3, 0.4) is 0 Å². The molecule has 6 heteroatoms. The summed E-state index contributed by atoms with van der Waals surface area (Å²) in [7, 11) is 2.07. The van der Waals surface area contributed by atoms with Crippen molar-refractivity contribution < 1.29 is 4.74 Å². The zero-order valence-electron chi connectivity index (χ0n) is 14.9. The van der Waals surface area contributed by atoms with Gasteiger partial charge in [-0.15, -0.1) is 11.8 Å². The van der Waals surface area contributed by atoms with Gasteiger partial charge in [0.2, 0.25) is 0 Å². The number of nitrogens with one attached hydrogen (secondary N) is 1. The molecule has 1 fully saturated rings. The summed E-state index contributed by atoms with van der Waals surface area (Å²) in [5, 5.41) is 5.13. The molecule has 0 spiro atoms. The molecule has 1 aliphatic rings. The highest BCUT2D eigenvalue weighted by molar-refractivity contribution is 8.00. The van der Waals surface area contributed by atoms with Crippen LogP contribution in [0.15, 0.2) is 48.5 Å². The van der Waals surface area contributed by atoms with Gasteiger partial charge in [-0.25, -0.2) is 4.98 Å². The van der Waals surface area contributed by atoms with Crippen molar-refractivity contribution in [2.75, 3.05) is 37.5 Å². The Morgan fingerprint density at radius 3 is 2.81 bits per heavy atom. The minimum atomic E-state index is 0.647. The van der Waals surface area contributed by atoms with Crippen LogP contribution in [-0.2, 0) is 6.42 Å². The van der Waals surface area contributed by atoms with Crippen LogP contribution in [0.2, 0.25) is 0 Å². The molecule has 1 aromatic heterocycles. The van der Waals surface area contributed by atoms with Gasteiger partial charge in [-0.05, 0) is 36.2 Å². The molecular formula is C20H23N3OS2. The first-order chi connectivity index (χ1) is 12.8. The summed E-state index contributed by atoms with van der Waals surface area (Å²) in [4.78, 5) is 6.84. The third kappa shape index (κ3) is 4.31. The monoisotopic (exact) mass is 385 g/mol. The van der Waals surface area contributed by atoms with E-state index < -0.39 is 0 Å². The predicted molar refractivity (Wildman–Crippen MR) is 113 cm³/mol. The maximum atomic E-state index is 5.91. The van der Waals surface area contributed by atoms with Crippen LogP contribution in [0.25, 0.3) is 10.2 Å². The van der Waals surface area contributed by atoms with E-state index in [0.717, 1.165) is 41.8 Å². The van der Waals surface area contributed by atoms with E-state index >= 15 is 0 Å². The smallest absolute Gasteiger partial charge is 0.186 e. The molecule has 1 saturated heterocycles. The van der Waals surface area contributed by atoms with Crippen molar-refractivity contribution in [1.29, 1.82) is 0 Å². The number of hydrogen-bond acceptors (Lipinski definition) is 6. The third-order valence-corrected chi connectivity index (χ3v) is 6.81. The second kappa shape index (κ2) is 8.29. The van der Waals surface area contributed by atoms with Crippen molar-refractivity contribution in [3.05, 3.63) is 54.1 Å². The molecule has 0 amide bonds. The van der Waals surface area contributed by atoms with Gasteiger partial charge in [0.05, 0.1) is 16.8 Å². The highest BCUT2D eigenvalue weighted by Gasteiger charge is 2.15. The fraction of sp³-hybridized carbons (Fsp3) is 0.350. The lowest BCUT2D eigenvalue weighted by Crippen LogP contribution is -2.23. The number of benzene rings is 2. The standard InChI is InChI=1S/C20H23N3OS2/c1-23(20-22-18-4-2-3-5-19(18)26-20)10-11-24-16-8-6-15(7-9-16)12-17-13-21-14-25-17/h2-9,17,21H,10-14H2,1H3. The lowest BCUT2D eigenvalue weighted by molar-refractivity contribution is 0.326. The molecule has 4 rings (SSSR count). The minimum absolute atomic E-state index is 0.647. The molecule has 26 heavy (non-hydrogen) atoms. The summed E-state index contributed by atoms with van der Waals surface area (Å²) < 4.78 is 7.14. The van der Waals surface area contributed by atoms with Gasteiger partial charge < -0.3 is 15.0 Å². The molecule has 0 bridgehead atoms. The van der Waals surface area contributed by atoms with Crippen LogP contribution < -0.4 is 15.0 Å². The molecule has 3 aromatic rings. The van der Waals surface area contributed by atoms with Crippen molar-refractivity contribution in [1.82, 2.24) is 10.3 Å². The van der Waals surface area contributed by atoms with Crippen LogP contribution in [0.1, 0.15) is 5.56 Å². The molecule has 1 N–H and O–H groups in total. The van der Waals surface area contributed by atoms with Gasteiger partial charge in [-0.2, -0.15) is 0 Å². The number of aromatic nitrogens is 1. The molecule has 4 nitrogen and oxygen atoms in total.